The number of hydrogen-bond donors (Lipinski definition) is 0. The maximum absolute atomic E-state index is 2.45. The Bertz CT molecular complexity index is 543. The van der Waals surface area contributed by atoms with E-state index in [1.165, 1.54) is 71.9 Å². The van der Waals surface area contributed by atoms with Gasteiger partial charge in [-0.25, -0.2) is 0 Å². The Hall–Kier alpha value is -1.30. The Labute approximate surface area is 144 Å². The van der Waals surface area contributed by atoms with Crippen LogP contribution in [0.2, 0.25) is 0 Å². The molecular weight excluding hydrogens is 276 g/mol. The molecule has 0 spiro atoms. The van der Waals surface area contributed by atoms with Gasteiger partial charge in [-0.2, -0.15) is 0 Å². The standard InChI is InChI=1S/C23H36/c1-7-10-11-12-13-14-21(19(5)8-2)17-22-16-18(4)15-20(6)23(22)9-3/h8,15-17H,7,9-14H2,1-6H3/b19-8+,21-17-. The highest BCUT2D eigenvalue weighted by Gasteiger charge is 2.06. The highest BCUT2D eigenvalue weighted by Crippen LogP contribution is 2.25. The van der Waals surface area contributed by atoms with Crippen molar-refractivity contribution in [2.24, 2.45) is 0 Å². The quantitative estimate of drug-likeness (QED) is 0.325. The van der Waals surface area contributed by atoms with Crippen LogP contribution in [0.3, 0.4) is 0 Å². The van der Waals surface area contributed by atoms with Crippen LogP contribution in [-0.2, 0) is 6.42 Å². The average Bonchev–Trinajstić information content (AvgIpc) is 2.52. The average molecular weight is 313 g/mol. The molecule has 0 nitrogen and oxygen atoms in total. The van der Waals surface area contributed by atoms with E-state index in [0.29, 0.717) is 0 Å². The van der Waals surface area contributed by atoms with Gasteiger partial charge in [0.15, 0.2) is 0 Å². The van der Waals surface area contributed by atoms with Crippen molar-refractivity contribution >= 4 is 6.08 Å². The fraction of sp³-hybridized carbons (Fsp3) is 0.565. The molecule has 0 amide bonds. The molecule has 0 bridgehead atoms. The molecule has 128 valence electrons. The summed E-state index contributed by atoms with van der Waals surface area (Å²) >= 11 is 0. The normalized spacial score (nSPS) is 12.8. The summed E-state index contributed by atoms with van der Waals surface area (Å²) in [6.07, 6.45) is 13.8. The van der Waals surface area contributed by atoms with E-state index in [4.69, 9.17) is 0 Å². The van der Waals surface area contributed by atoms with Crippen molar-refractivity contribution in [3.63, 3.8) is 0 Å². The van der Waals surface area contributed by atoms with Crippen molar-refractivity contribution in [1.29, 1.82) is 0 Å². The van der Waals surface area contributed by atoms with Crippen LogP contribution in [0.15, 0.2) is 29.4 Å². The van der Waals surface area contributed by atoms with Gasteiger partial charge in [0, 0.05) is 0 Å². The van der Waals surface area contributed by atoms with Crippen LogP contribution in [0.5, 0.6) is 0 Å². The van der Waals surface area contributed by atoms with E-state index in [2.05, 4.69) is 65.8 Å². The molecule has 0 unspecified atom stereocenters. The van der Waals surface area contributed by atoms with Crippen molar-refractivity contribution in [2.45, 2.75) is 86.5 Å². The molecule has 0 aliphatic heterocycles. The Morgan fingerprint density at radius 2 is 1.70 bits per heavy atom. The first kappa shape index (κ1) is 19.7. The van der Waals surface area contributed by atoms with E-state index in [1.807, 2.05) is 0 Å². The van der Waals surface area contributed by atoms with E-state index in [1.54, 1.807) is 0 Å². The van der Waals surface area contributed by atoms with Gasteiger partial charge in [-0.3, -0.25) is 0 Å². The molecule has 1 aromatic rings. The second kappa shape index (κ2) is 10.5. The van der Waals surface area contributed by atoms with Gasteiger partial charge in [0.1, 0.15) is 0 Å². The Balaban J connectivity index is 3.00. The summed E-state index contributed by atoms with van der Waals surface area (Å²) in [7, 11) is 0. The Kier molecular flexibility index (Phi) is 8.99. The van der Waals surface area contributed by atoms with Gasteiger partial charge >= 0.3 is 0 Å². The highest BCUT2D eigenvalue weighted by molar-refractivity contribution is 5.63. The molecule has 0 aliphatic rings. The number of benzene rings is 1. The first-order chi connectivity index (χ1) is 11.0. The minimum Gasteiger partial charge on any atom is -0.0844 e. The molecule has 0 saturated carbocycles. The third-order valence-corrected chi connectivity index (χ3v) is 4.82. The van der Waals surface area contributed by atoms with Crippen LogP contribution >= 0.6 is 0 Å². The van der Waals surface area contributed by atoms with Crippen LogP contribution < -0.4 is 0 Å². The zero-order chi connectivity index (χ0) is 17.2. The van der Waals surface area contributed by atoms with Gasteiger partial charge in [0.25, 0.3) is 0 Å². The first-order valence-corrected chi connectivity index (χ1v) is 9.47. The summed E-state index contributed by atoms with van der Waals surface area (Å²) < 4.78 is 0. The molecule has 23 heavy (non-hydrogen) atoms. The topological polar surface area (TPSA) is 0 Å². The SMILES string of the molecule is C/C=C(C)/C(=C\c1cc(C)cc(C)c1CC)CCCCCCC. The summed E-state index contributed by atoms with van der Waals surface area (Å²) in [5, 5.41) is 0. The van der Waals surface area contributed by atoms with Crippen LogP contribution in [0.4, 0.5) is 0 Å². The second-order valence-corrected chi connectivity index (χ2v) is 6.81. The lowest BCUT2D eigenvalue weighted by atomic mass is 9.92. The Morgan fingerprint density at radius 3 is 2.30 bits per heavy atom. The van der Waals surface area contributed by atoms with Crippen molar-refractivity contribution < 1.29 is 0 Å². The molecule has 1 rings (SSSR count). The van der Waals surface area contributed by atoms with Crippen molar-refractivity contribution in [2.75, 3.05) is 0 Å². The number of aryl methyl sites for hydroxylation is 2. The predicted molar refractivity (Wildman–Crippen MR) is 106 cm³/mol. The molecule has 0 fully saturated rings. The summed E-state index contributed by atoms with van der Waals surface area (Å²) in [4.78, 5) is 0. The molecule has 0 atom stereocenters. The van der Waals surface area contributed by atoms with Crippen LogP contribution in [0.25, 0.3) is 6.08 Å². The largest absolute Gasteiger partial charge is 0.0844 e. The predicted octanol–water partition coefficient (Wildman–Crippen LogP) is 7.58. The van der Waals surface area contributed by atoms with Gasteiger partial charge in [0.2, 0.25) is 0 Å². The van der Waals surface area contributed by atoms with E-state index >= 15 is 0 Å². The maximum Gasteiger partial charge on any atom is -0.0217 e. The van der Waals surface area contributed by atoms with E-state index in [-0.39, 0.29) is 0 Å². The fourth-order valence-corrected chi connectivity index (χ4v) is 3.32. The van der Waals surface area contributed by atoms with Gasteiger partial charge in [-0.1, -0.05) is 75.0 Å². The van der Waals surface area contributed by atoms with Gasteiger partial charge < -0.3 is 0 Å². The third-order valence-electron chi connectivity index (χ3n) is 4.82. The summed E-state index contributed by atoms with van der Waals surface area (Å²) in [5.41, 5.74) is 8.67. The van der Waals surface area contributed by atoms with Crippen molar-refractivity contribution in [3.8, 4) is 0 Å². The fourth-order valence-electron chi connectivity index (χ4n) is 3.32. The van der Waals surface area contributed by atoms with E-state index in [0.717, 1.165) is 6.42 Å². The lowest BCUT2D eigenvalue weighted by Crippen LogP contribution is -1.95. The number of rotatable bonds is 9. The van der Waals surface area contributed by atoms with E-state index in [9.17, 15) is 0 Å². The third kappa shape index (κ3) is 6.37. The molecule has 0 radical (unpaired) electrons. The van der Waals surface area contributed by atoms with Crippen LogP contribution in [-0.4, -0.2) is 0 Å². The summed E-state index contributed by atoms with van der Waals surface area (Å²) in [5.74, 6) is 0. The molecule has 0 heterocycles. The minimum absolute atomic E-state index is 1.11. The van der Waals surface area contributed by atoms with Gasteiger partial charge in [-0.05, 0) is 69.2 Å². The lowest BCUT2D eigenvalue weighted by Gasteiger charge is -2.13. The van der Waals surface area contributed by atoms with Crippen LogP contribution in [0, 0.1) is 13.8 Å². The molecule has 0 aromatic heterocycles. The lowest BCUT2D eigenvalue weighted by molar-refractivity contribution is 0.632. The Morgan fingerprint density at radius 1 is 1.00 bits per heavy atom. The molecule has 1 aromatic carbocycles. The smallest absolute Gasteiger partial charge is 0.0217 e. The van der Waals surface area contributed by atoms with Crippen molar-refractivity contribution in [3.05, 3.63) is 51.6 Å². The van der Waals surface area contributed by atoms with E-state index < -0.39 is 0 Å². The number of unbranched alkanes of at least 4 members (excludes halogenated alkanes) is 4. The zero-order valence-corrected chi connectivity index (χ0v) is 16.3. The molecule has 0 aliphatic carbocycles. The summed E-state index contributed by atoms with van der Waals surface area (Å²) in [6, 6.07) is 4.66. The molecule has 0 heteroatoms. The van der Waals surface area contributed by atoms with Crippen LogP contribution in [0.1, 0.15) is 88.5 Å². The molecular formula is C23H36. The number of allylic oxidation sites excluding steroid dienone is 3. The number of hydrogen-bond acceptors (Lipinski definition) is 0. The van der Waals surface area contributed by atoms with Crippen molar-refractivity contribution in [1.82, 2.24) is 0 Å². The van der Waals surface area contributed by atoms with Gasteiger partial charge in [0.05, 0.1) is 0 Å². The highest BCUT2D eigenvalue weighted by atomic mass is 14.1. The second-order valence-electron chi connectivity index (χ2n) is 6.81. The molecule has 0 saturated heterocycles. The van der Waals surface area contributed by atoms with Gasteiger partial charge in [-0.15, -0.1) is 0 Å². The maximum atomic E-state index is 2.45. The monoisotopic (exact) mass is 312 g/mol. The first-order valence-electron chi connectivity index (χ1n) is 9.47. The minimum atomic E-state index is 1.11. The molecule has 0 N–H and O–H groups in total. The zero-order valence-electron chi connectivity index (χ0n) is 16.3. The summed E-state index contributed by atoms with van der Waals surface area (Å²) in [6.45, 7) is 13.4.